The van der Waals surface area contributed by atoms with Crippen molar-refractivity contribution in [3.05, 3.63) is 12.0 Å². The van der Waals surface area contributed by atoms with E-state index in [2.05, 4.69) is 9.97 Å². The first-order chi connectivity index (χ1) is 8.37. The number of alkyl halides is 3. The number of hydrazine groups is 1. The van der Waals surface area contributed by atoms with E-state index >= 15 is 0 Å². The number of aliphatic hydroxyl groups is 1. The highest BCUT2D eigenvalue weighted by Crippen LogP contribution is 2.23. The zero-order valence-corrected chi connectivity index (χ0v) is 9.08. The number of halogens is 4. The van der Waals surface area contributed by atoms with Crippen LogP contribution in [0.4, 0.5) is 29.3 Å². The Hall–Kier alpha value is -1.68. The van der Waals surface area contributed by atoms with E-state index in [1.165, 1.54) is 0 Å². The third-order valence-electron chi connectivity index (χ3n) is 1.89. The number of aromatic nitrogens is 2. The second-order valence-corrected chi connectivity index (χ2v) is 3.27. The Kier molecular flexibility index (Phi) is 4.62. The summed E-state index contributed by atoms with van der Waals surface area (Å²) >= 11 is 0. The predicted octanol–water partition coefficient (Wildman–Crippen LogP) is 0.262. The zero-order chi connectivity index (χ0) is 13.8. The van der Waals surface area contributed by atoms with Gasteiger partial charge in [0.1, 0.15) is 6.54 Å². The third-order valence-corrected chi connectivity index (χ3v) is 1.89. The highest BCUT2D eigenvalue weighted by Gasteiger charge is 2.32. The van der Waals surface area contributed by atoms with Crippen molar-refractivity contribution in [3.63, 3.8) is 0 Å². The van der Waals surface area contributed by atoms with E-state index < -0.39 is 37.5 Å². The zero-order valence-electron chi connectivity index (χ0n) is 9.08. The Morgan fingerprint density at radius 3 is 2.61 bits per heavy atom. The van der Waals surface area contributed by atoms with Crippen LogP contribution >= 0.6 is 0 Å². The lowest BCUT2D eigenvalue weighted by Crippen LogP contribution is -2.37. The van der Waals surface area contributed by atoms with E-state index in [0.717, 1.165) is 0 Å². The minimum atomic E-state index is -4.55. The maximum Gasteiger partial charge on any atom is 0.405 e. The molecule has 0 unspecified atom stereocenters. The Bertz CT molecular complexity index is 400. The van der Waals surface area contributed by atoms with Gasteiger partial charge < -0.3 is 10.0 Å². The lowest BCUT2D eigenvalue weighted by molar-refractivity contribution is -0.120. The van der Waals surface area contributed by atoms with Gasteiger partial charge in [0, 0.05) is 6.54 Å². The smallest absolute Gasteiger partial charge is 0.395 e. The summed E-state index contributed by atoms with van der Waals surface area (Å²) in [6, 6.07) is 0. The van der Waals surface area contributed by atoms with E-state index in [1.54, 1.807) is 0 Å². The maximum atomic E-state index is 13.4. The summed E-state index contributed by atoms with van der Waals surface area (Å²) in [4.78, 5) is 7.44. The van der Waals surface area contributed by atoms with Crippen LogP contribution in [0.15, 0.2) is 6.20 Å². The van der Waals surface area contributed by atoms with Crippen LogP contribution < -0.4 is 16.2 Å². The highest BCUT2D eigenvalue weighted by atomic mass is 19.4. The van der Waals surface area contributed by atoms with Gasteiger partial charge in [-0.15, -0.1) is 0 Å². The number of aliphatic hydroxyl groups excluding tert-OH is 1. The molecule has 18 heavy (non-hydrogen) atoms. The van der Waals surface area contributed by atoms with Gasteiger partial charge in [0.25, 0.3) is 0 Å². The number of nitrogens with one attached hydrogen (secondary N) is 1. The van der Waals surface area contributed by atoms with Crippen molar-refractivity contribution in [2.45, 2.75) is 6.18 Å². The molecule has 1 rings (SSSR count). The van der Waals surface area contributed by atoms with E-state index in [4.69, 9.17) is 10.9 Å². The predicted molar refractivity (Wildman–Crippen MR) is 55.2 cm³/mol. The number of nitrogen functional groups attached to an aromatic ring is 1. The molecule has 0 bridgehead atoms. The second kappa shape index (κ2) is 5.78. The van der Waals surface area contributed by atoms with Crippen LogP contribution in [0.1, 0.15) is 0 Å². The average Bonchev–Trinajstić information content (AvgIpc) is 2.27. The number of nitrogens with zero attached hydrogens (tertiary/aromatic N) is 3. The summed E-state index contributed by atoms with van der Waals surface area (Å²) in [5, 5.41) is 8.70. The summed E-state index contributed by atoms with van der Waals surface area (Å²) < 4.78 is 50.3. The van der Waals surface area contributed by atoms with Gasteiger partial charge in [-0.2, -0.15) is 18.2 Å². The molecule has 0 aliphatic rings. The molecular formula is C8H11F4N5O. The van der Waals surface area contributed by atoms with Crippen molar-refractivity contribution in [1.82, 2.24) is 9.97 Å². The lowest BCUT2D eigenvalue weighted by Gasteiger charge is -2.24. The minimum Gasteiger partial charge on any atom is -0.395 e. The van der Waals surface area contributed by atoms with Gasteiger partial charge in [0.15, 0.2) is 11.6 Å². The molecule has 0 aromatic carbocycles. The van der Waals surface area contributed by atoms with Gasteiger partial charge in [-0.1, -0.05) is 0 Å². The summed E-state index contributed by atoms with van der Waals surface area (Å²) in [7, 11) is 0. The van der Waals surface area contributed by atoms with Crippen molar-refractivity contribution in [3.8, 4) is 0 Å². The van der Waals surface area contributed by atoms with Crippen molar-refractivity contribution >= 4 is 11.8 Å². The summed E-state index contributed by atoms with van der Waals surface area (Å²) in [6.07, 6.45) is -3.86. The molecular weight excluding hydrogens is 258 g/mol. The Labute approximate surface area is 99.4 Å². The second-order valence-electron chi connectivity index (χ2n) is 3.27. The average molecular weight is 269 g/mol. The number of rotatable bonds is 5. The van der Waals surface area contributed by atoms with Gasteiger partial charge in [0.05, 0.1) is 12.8 Å². The van der Waals surface area contributed by atoms with Crippen molar-refractivity contribution in [2.24, 2.45) is 5.84 Å². The molecule has 6 nitrogen and oxygen atoms in total. The maximum absolute atomic E-state index is 13.4. The molecule has 0 spiro atoms. The van der Waals surface area contributed by atoms with E-state index in [1.807, 2.05) is 5.43 Å². The quantitative estimate of drug-likeness (QED) is 0.404. The molecule has 102 valence electrons. The molecule has 0 saturated carbocycles. The number of hydrogen-bond donors (Lipinski definition) is 3. The SMILES string of the molecule is NNc1ncc(F)c(N(CCO)CC(F)(F)F)n1. The first kappa shape index (κ1) is 14.4. The first-order valence-corrected chi connectivity index (χ1v) is 4.79. The van der Waals surface area contributed by atoms with Crippen LogP contribution in [0.3, 0.4) is 0 Å². The molecule has 0 atom stereocenters. The molecule has 1 aromatic rings. The summed E-state index contributed by atoms with van der Waals surface area (Å²) in [6.45, 7) is -2.44. The summed E-state index contributed by atoms with van der Waals surface area (Å²) in [5.74, 6) is 3.14. The number of anilines is 2. The molecule has 0 fully saturated rings. The number of nitrogens with two attached hydrogens (primary N) is 1. The van der Waals surface area contributed by atoms with E-state index in [0.29, 0.717) is 11.1 Å². The van der Waals surface area contributed by atoms with Gasteiger partial charge in [-0.05, 0) is 0 Å². The van der Waals surface area contributed by atoms with Gasteiger partial charge in [-0.25, -0.2) is 15.2 Å². The molecule has 10 heteroatoms. The Balaban J connectivity index is 3.04. The van der Waals surface area contributed by atoms with Gasteiger partial charge >= 0.3 is 6.18 Å². The van der Waals surface area contributed by atoms with Crippen LogP contribution in [0.25, 0.3) is 0 Å². The monoisotopic (exact) mass is 269 g/mol. The molecule has 0 aliphatic heterocycles. The first-order valence-electron chi connectivity index (χ1n) is 4.79. The fourth-order valence-corrected chi connectivity index (χ4v) is 1.25. The van der Waals surface area contributed by atoms with Crippen molar-refractivity contribution in [1.29, 1.82) is 0 Å². The van der Waals surface area contributed by atoms with Crippen molar-refractivity contribution in [2.75, 3.05) is 30.0 Å². The standard InChI is InChI=1S/C8H11F4N5O/c9-5-3-14-7(16-13)15-6(5)17(1-2-18)4-8(10,11)12/h3,18H,1-2,4,13H2,(H,14,15,16). The molecule has 1 aromatic heterocycles. The Morgan fingerprint density at radius 2 is 2.11 bits per heavy atom. The highest BCUT2D eigenvalue weighted by molar-refractivity contribution is 5.43. The van der Waals surface area contributed by atoms with Crippen LogP contribution in [-0.4, -0.2) is 40.9 Å². The molecule has 0 saturated heterocycles. The van der Waals surface area contributed by atoms with Gasteiger partial charge in [0.2, 0.25) is 5.95 Å². The normalized spacial score (nSPS) is 11.4. The topological polar surface area (TPSA) is 87.3 Å². The fraction of sp³-hybridized carbons (Fsp3) is 0.500. The van der Waals surface area contributed by atoms with Gasteiger partial charge in [-0.3, -0.25) is 5.43 Å². The van der Waals surface area contributed by atoms with Crippen LogP contribution in [0, 0.1) is 5.82 Å². The molecule has 4 N–H and O–H groups in total. The van der Waals surface area contributed by atoms with Crippen LogP contribution in [-0.2, 0) is 0 Å². The van der Waals surface area contributed by atoms with Crippen LogP contribution in [0.2, 0.25) is 0 Å². The molecule has 0 radical (unpaired) electrons. The summed E-state index contributed by atoms with van der Waals surface area (Å²) in [5.41, 5.74) is 2.00. The molecule has 0 amide bonds. The third kappa shape index (κ3) is 3.96. The minimum absolute atomic E-state index is 0.225. The van der Waals surface area contributed by atoms with Crippen LogP contribution in [0.5, 0.6) is 0 Å². The lowest BCUT2D eigenvalue weighted by atomic mass is 10.4. The largest absolute Gasteiger partial charge is 0.405 e. The Morgan fingerprint density at radius 1 is 1.44 bits per heavy atom. The van der Waals surface area contributed by atoms with E-state index in [9.17, 15) is 17.6 Å². The van der Waals surface area contributed by atoms with E-state index in [-0.39, 0.29) is 5.95 Å². The molecule has 1 heterocycles. The molecule has 0 aliphatic carbocycles. The van der Waals surface area contributed by atoms with Crippen molar-refractivity contribution < 1.29 is 22.7 Å². The number of hydrogen-bond acceptors (Lipinski definition) is 6. The fourth-order valence-electron chi connectivity index (χ4n) is 1.25.